The van der Waals surface area contributed by atoms with Crippen molar-refractivity contribution in [1.29, 1.82) is 0 Å². The first-order valence-electron chi connectivity index (χ1n) is 4.49. The average Bonchev–Trinajstić information content (AvgIpc) is 2.02. The maximum Gasteiger partial charge on any atom is 0.304 e. The molecule has 1 rings (SSSR count). The summed E-state index contributed by atoms with van der Waals surface area (Å²) >= 11 is 0. The monoisotopic (exact) mass is 193 g/mol. The van der Waals surface area contributed by atoms with Gasteiger partial charge in [-0.3, -0.25) is 4.79 Å². The standard InChI is InChI=1S/C11H15NO2/c1-11(2,7-10(13)14)8-3-5-9(12)6-4-8/h3-6H,7,12H2,1-2H3,(H,13,14). The van der Waals surface area contributed by atoms with Gasteiger partial charge in [-0.1, -0.05) is 26.0 Å². The molecule has 1 aromatic rings. The summed E-state index contributed by atoms with van der Waals surface area (Å²) in [5.41, 5.74) is 6.90. The fourth-order valence-electron chi connectivity index (χ4n) is 1.41. The number of aliphatic carboxylic acids is 1. The van der Waals surface area contributed by atoms with Crippen molar-refractivity contribution < 1.29 is 9.90 Å². The number of hydrogen-bond donors (Lipinski definition) is 2. The first kappa shape index (κ1) is 10.6. The highest BCUT2D eigenvalue weighted by Crippen LogP contribution is 2.27. The van der Waals surface area contributed by atoms with Crippen LogP contribution in [-0.4, -0.2) is 11.1 Å². The van der Waals surface area contributed by atoms with Gasteiger partial charge in [0.05, 0.1) is 6.42 Å². The van der Waals surface area contributed by atoms with Crippen molar-refractivity contribution >= 4 is 11.7 Å². The minimum absolute atomic E-state index is 0.122. The second-order valence-electron chi connectivity index (χ2n) is 4.08. The molecule has 0 saturated heterocycles. The molecule has 0 bridgehead atoms. The van der Waals surface area contributed by atoms with E-state index in [0.29, 0.717) is 5.69 Å². The molecular formula is C11H15NO2. The van der Waals surface area contributed by atoms with Crippen molar-refractivity contribution in [3.63, 3.8) is 0 Å². The summed E-state index contributed by atoms with van der Waals surface area (Å²) in [6, 6.07) is 7.33. The second kappa shape index (κ2) is 3.70. The molecular weight excluding hydrogens is 178 g/mol. The topological polar surface area (TPSA) is 63.3 Å². The Morgan fingerprint density at radius 2 is 1.86 bits per heavy atom. The Labute approximate surface area is 83.6 Å². The maximum atomic E-state index is 10.6. The molecule has 14 heavy (non-hydrogen) atoms. The number of nitrogens with two attached hydrogens (primary N) is 1. The Kier molecular flexibility index (Phi) is 2.79. The van der Waals surface area contributed by atoms with Crippen LogP contribution in [0.15, 0.2) is 24.3 Å². The smallest absolute Gasteiger partial charge is 0.304 e. The van der Waals surface area contributed by atoms with Crippen LogP contribution in [0.25, 0.3) is 0 Å². The molecule has 0 radical (unpaired) electrons. The second-order valence-corrected chi connectivity index (χ2v) is 4.08. The molecule has 0 aliphatic rings. The number of hydrogen-bond acceptors (Lipinski definition) is 2. The van der Waals surface area contributed by atoms with Gasteiger partial charge in [0, 0.05) is 11.1 Å². The summed E-state index contributed by atoms with van der Waals surface area (Å²) < 4.78 is 0. The van der Waals surface area contributed by atoms with Gasteiger partial charge >= 0.3 is 5.97 Å². The predicted octanol–water partition coefficient (Wildman–Crippen LogP) is 2.02. The number of nitrogen functional groups attached to an aromatic ring is 1. The van der Waals surface area contributed by atoms with E-state index >= 15 is 0 Å². The third kappa shape index (κ3) is 2.49. The lowest BCUT2D eigenvalue weighted by Gasteiger charge is -2.22. The van der Waals surface area contributed by atoms with Crippen LogP contribution < -0.4 is 5.73 Å². The predicted molar refractivity (Wildman–Crippen MR) is 56.1 cm³/mol. The molecule has 0 fully saturated rings. The maximum absolute atomic E-state index is 10.6. The van der Waals surface area contributed by atoms with Gasteiger partial charge in [-0.25, -0.2) is 0 Å². The van der Waals surface area contributed by atoms with Gasteiger partial charge in [0.15, 0.2) is 0 Å². The Morgan fingerprint density at radius 1 is 1.36 bits per heavy atom. The van der Waals surface area contributed by atoms with Crippen LogP contribution in [0.3, 0.4) is 0 Å². The van der Waals surface area contributed by atoms with E-state index in [4.69, 9.17) is 10.8 Å². The van der Waals surface area contributed by atoms with E-state index in [1.54, 1.807) is 12.1 Å². The summed E-state index contributed by atoms with van der Waals surface area (Å²) in [6.45, 7) is 3.82. The molecule has 0 aliphatic heterocycles. The van der Waals surface area contributed by atoms with E-state index in [1.165, 1.54) is 0 Å². The molecule has 0 atom stereocenters. The van der Waals surface area contributed by atoms with Crippen molar-refractivity contribution in [2.45, 2.75) is 25.7 Å². The van der Waals surface area contributed by atoms with E-state index in [0.717, 1.165) is 5.56 Å². The van der Waals surface area contributed by atoms with Gasteiger partial charge in [-0.15, -0.1) is 0 Å². The summed E-state index contributed by atoms with van der Waals surface area (Å²) in [6.07, 6.45) is 0.122. The molecule has 0 saturated carbocycles. The Morgan fingerprint density at radius 3 is 2.29 bits per heavy atom. The lowest BCUT2D eigenvalue weighted by atomic mass is 9.81. The number of carboxylic acids is 1. The molecule has 3 heteroatoms. The quantitative estimate of drug-likeness (QED) is 0.722. The fourth-order valence-corrected chi connectivity index (χ4v) is 1.41. The number of carbonyl (C=O) groups is 1. The van der Waals surface area contributed by atoms with E-state index in [9.17, 15) is 4.79 Å². The molecule has 0 unspecified atom stereocenters. The largest absolute Gasteiger partial charge is 0.481 e. The van der Waals surface area contributed by atoms with Gasteiger partial charge in [-0.2, -0.15) is 0 Å². The van der Waals surface area contributed by atoms with Crippen LogP contribution in [0.1, 0.15) is 25.8 Å². The van der Waals surface area contributed by atoms with Crippen LogP contribution in [0.5, 0.6) is 0 Å². The van der Waals surface area contributed by atoms with Gasteiger partial charge in [-0.05, 0) is 17.7 Å². The minimum Gasteiger partial charge on any atom is -0.481 e. The summed E-state index contributed by atoms with van der Waals surface area (Å²) in [7, 11) is 0. The highest BCUT2D eigenvalue weighted by molar-refractivity contribution is 5.69. The van der Waals surface area contributed by atoms with Crippen LogP contribution in [-0.2, 0) is 10.2 Å². The van der Waals surface area contributed by atoms with Crippen molar-refractivity contribution in [1.82, 2.24) is 0 Å². The zero-order valence-corrected chi connectivity index (χ0v) is 8.45. The lowest BCUT2D eigenvalue weighted by Crippen LogP contribution is -2.21. The zero-order valence-electron chi connectivity index (χ0n) is 8.45. The fraction of sp³-hybridized carbons (Fsp3) is 0.364. The van der Waals surface area contributed by atoms with Crippen molar-refractivity contribution in [2.75, 3.05) is 5.73 Å². The Bertz CT molecular complexity index is 328. The Hall–Kier alpha value is -1.51. The first-order valence-corrected chi connectivity index (χ1v) is 4.49. The summed E-state index contributed by atoms with van der Waals surface area (Å²) in [5, 5.41) is 8.74. The molecule has 0 spiro atoms. The van der Waals surface area contributed by atoms with Crippen LogP contribution in [0.2, 0.25) is 0 Å². The van der Waals surface area contributed by atoms with Crippen LogP contribution >= 0.6 is 0 Å². The number of benzene rings is 1. The van der Waals surface area contributed by atoms with Gasteiger partial charge in [0.1, 0.15) is 0 Å². The van der Waals surface area contributed by atoms with Crippen LogP contribution in [0, 0.1) is 0 Å². The van der Waals surface area contributed by atoms with E-state index in [1.807, 2.05) is 26.0 Å². The van der Waals surface area contributed by atoms with E-state index in [-0.39, 0.29) is 11.8 Å². The molecule has 76 valence electrons. The lowest BCUT2D eigenvalue weighted by molar-refractivity contribution is -0.138. The molecule has 1 aromatic carbocycles. The van der Waals surface area contributed by atoms with Crippen molar-refractivity contribution in [2.24, 2.45) is 0 Å². The minimum atomic E-state index is -0.785. The van der Waals surface area contributed by atoms with Gasteiger partial charge < -0.3 is 10.8 Å². The summed E-state index contributed by atoms with van der Waals surface area (Å²) in [4.78, 5) is 10.6. The summed E-state index contributed by atoms with van der Waals surface area (Å²) in [5.74, 6) is -0.785. The van der Waals surface area contributed by atoms with Crippen LogP contribution in [0.4, 0.5) is 5.69 Å². The number of rotatable bonds is 3. The van der Waals surface area contributed by atoms with E-state index in [2.05, 4.69) is 0 Å². The van der Waals surface area contributed by atoms with Gasteiger partial charge in [0.25, 0.3) is 0 Å². The molecule has 0 aromatic heterocycles. The molecule has 0 heterocycles. The normalized spacial score (nSPS) is 11.3. The molecule has 0 amide bonds. The molecule has 3 N–H and O–H groups in total. The first-order chi connectivity index (χ1) is 6.42. The number of carboxylic acid groups (broad SMARTS) is 1. The van der Waals surface area contributed by atoms with E-state index < -0.39 is 5.97 Å². The number of anilines is 1. The van der Waals surface area contributed by atoms with Gasteiger partial charge in [0.2, 0.25) is 0 Å². The highest BCUT2D eigenvalue weighted by Gasteiger charge is 2.23. The van der Waals surface area contributed by atoms with Crippen molar-refractivity contribution in [3.05, 3.63) is 29.8 Å². The zero-order chi connectivity index (χ0) is 10.8. The molecule has 0 aliphatic carbocycles. The third-order valence-corrected chi connectivity index (χ3v) is 2.29. The Balaban J connectivity index is 2.91. The van der Waals surface area contributed by atoms with Crippen molar-refractivity contribution in [3.8, 4) is 0 Å². The molecule has 3 nitrogen and oxygen atoms in total. The average molecular weight is 193 g/mol. The third-order valence-electron chi connectivity index (χ3n) is 2.29. The highest BCUT2D eigenvalue weighted by atomic mass is 16.4. The SMILES string of the molecule is CC(C)(CC(=O)O)c1ccc(N)cc1.